The smallest absolute Gasteiger partial charge is 0.295 e. The number of aliphatic hydroxyl groups is 1. The second-order valence-corrected chi connectivity index (χ2v) is 9.25. The first-order valence-corrected chi connectivity index (χ1v) is 11.0. The van der Waals surface area contributed by atoms with E-state index in [9.17, 15) is 14.7 Å². The third kappa shape index (κ3) is 4.58. The van der Waals surface area contributed by atoms with Gasteiger partial charge in [-0.1, -0.05) is 45.0 Å². The number of benzene rings is 1. The lowest BCUT2D eigenvalue weighted by Gasteiger charge is -2.26. The van der Waals surface area contributed by atoms with Crippen molar-refractivity contribution in [3.05, 3.63) is 89.8 Å². The van der Waals surface area contributed by atoms with Gasteiger partial charge in [-0.05, 0) is 35.1 Å². The van der Waals surface area contributed by atoms with E-state index in [1.54, 1.807) is 42.0 Å². The Kier molecular flexibility index (Phi) is 6.14. The molecule has 3 heterocycles. The van der Waals surface area contributed by atoms with Crippen molar-refractivity contribution < 1.29 is 14.7 Å². The van der Waals surface area contributed by atoms with Gasteiger partial charge in [0.25, 0.3) is 11.7 Å². The van der Waals surface area contributed by atoms with Gasteiger partial charge in [0, 0.05) is 43.4 Å². The van der Waals surface area contributed by atoms with Gasteiger partial charge in [-0.2, -0.15) is 0 Å². The van der Waals surface area contributed by atoms with Crippen molar-refractivity contribution in [1.82, 2.24) is 19.4 Å². The summed E-state index contributed by atoms with van der Waals surface area (Å²) in [4.78, 5) is 35.7. The van der Waals surface area contributed by atoms with Crippen LogP contribution in [-0.4, -0.2) is 42.8 Å². The third-order valence-corrected chi connectivity index (χ3v) is 5.96. The van der Waals surface area contributed by atoms with Crippen molar-refractivity contribution in [2.75, 3.05) is 6.54 Å². The highest BCUT2D eigenvalue weighted by Crippen LogP contribution is 2.40. The van der Waals surface area contributed by atoms with E-state index < -0.39 is 17.7 Å². The first-order valence-electron chi connectivity index (χ1n) is 11.0. The first kappa shape index (κ1) is 22.5. The van der Waals surface area contributed by atoms with Crippen LogP contribution in [0.15, 0.2) is 73.1 Å². The van der Waals surface area contributed by atoms with E-state index in [0.29, 0.717) is 25.1 Å². The second kappa shape index (κ2) is 9.02. The Balaban J connectivity index is 1.73. The fourth-order valence-corrected chi connectivity index (χ4v) is 4.13. The summed E-state index contributed by atoms with van der Waals surface area (Å²) in [7, 11) is 0. The maximum Gasteiger partial charge on any atom is 0.295 e. The monoisotopic (exact) mass is 444 g/mol. The zero-order chi connectivity index (χ0) is 23.6. The molecule has 1 unspecified atom stereocenters. The van der Waals surface area contributed by atoms with Gasteiger partial charge >= 0.3 is 0 Å². The molecule has 1 N–H and O–H groups in total. The van der Waals surface area contributed by atoms with E-state index in [1.807, 2.05) is 35.0 Å². The van der Waals surface area contributed by atoms with E-state index in [-0.39, 0.29) is 16.7 Å². The maximum absolute atomic E-state index is 13.1. The minimum absolute atomic E-state index is 0.0256. The number of imidazole rings is 1. The number of aromatic nitrogens is 3. The molecule has 0 aliphatic carbocycles. The van der Waals surface area contributed by atoms with Gasteiger partial charge in [0.05, 0.1) is 17.9 Å². The fourth-order valence-electron chi connectivity index (χ4n) is 4.13. The standard InChI is InChI=1S/C26H28N4O3/c1-26(2,3)20-7-5-18(6-8-20)22-21(23(31)19-9-11-27-12-10-19)24(32)25(33)30(22)15-4-14-29-16-13-28-17-29/h5-13,16-17,22,31H,4,14-15H2,1-3H3/b23-21+. The molecule has 0 radical (unpaired) electrons. The molecule has 1 amide bonds. The van der Waals surface area contributed by atoms with Crippen molar-refractivity contribution in [1.29, 1.82) is 0 Å². The second-order valence-electron chi connectivity index (χ2n) is 9.25. The molecule has 33 heavy (non-hydrogen) atoms. The molecule has 0 saturated carbocycles. The number of hydrogen-bond donors (Lipinski definition) is 1. The lowest BCUT2D eigenvalue weighted by Crippen LogP contribution is -2.31. The van der Waals surface area contributed by atoms with Crippen molar-refractivity contribution in [2.45, 2.75) is 45.2 Å². The average molecular weight is 445 g/mol. The SMILES string of the molecule is CC(C)(C)c1ccc(C2/C(=C(\O)c3ccncc3)C(=O)C(=O)N2CCCn2ccnc2)cc1. The van der Waals surface area contributed by atoms with Crippen molar-refractivity contribution in [2.24, 2.45) is 0 Å². The number of pyridine rings is 1. The molecule has 1 atom stereocenters. The van der Waals surface area contributed by atoms with Crippen LogP contribution in [0.5, 0.6) is 0 Å². The van der Waals surface area contributed by atoms with E-state index >= 15 is 0 Å². The van der Waals surface area contributed by atoms with Gasteiger partial charge in [-0.15, -0.1) is 0 Å². The van der Waals surface area contributed by atoms with Gasteiger partial charge in [-0.25, -0.2) is 4.98 Å². The number of aryl methyl sites for hydroxylation is 1. The van der Waals surface area contributed by atoms with Crippen LogP contribution in [0, 0.1) is 0 Å². The van der Waals surface area contributed by atoms with Crippen molar-refractivity contribution in [3.63, 3.8) is 0 Å². The Hall–Kier alpha value is -3.74. The zero-order valence-electron chi connectivity index (χ0n) is 19.1. The lowest BCUT2D eigenvalue weighted by molar-refractivity contribution is -0.139. The molecule has 0 bridgehead atoms. The summed E-state index contributed by atoms with van der Waals surface area (Å²) in [6.45, 7) is 7.44. The van der Waals surface area contributed by atoms with Crippen molar-refractivity contribution >= 4 is 17.4 Å². The molecule has 1 aliphatic rings. The number of ketones is 1. The van der Waals surface area contributed by atoms with Crippen LogP contribution in [0.3, 0.4) is 0 Å². The van der Waals surface area contributed by atoms with Crippen LogP contribution in [0.4, 0.5) is 0 Å². The van der Waals surface area contributed by atoms with Crippen LogP contribution in [0.2, 0.25) is 0 Å². The Labute approximate surface area is 193 Å². The van der Waals surface area contributed by atoms with Crippen LogP contribution < -0.4 is 0 Å². The van der Waals surface area contributed by atoms with E-state index in [0.717, 1.165) is 11.1 Å². The molecule has 0 spiro atoms. The van der Waals surface area contributed by atoms with E-state index in [4.69, 9.17) is 0 Å². The summed E-state index contributed by atoms with van der Waals surface area (Å²) in [5.41, 5.74) is 2.48. The summed E-state index contributed by atoms with van der Waals surface area (Å²) < 4.78 is 1.93. The highest BCUT2D eigenvalue weighted by molar-refractivity contribution is 6.46. The first-order chi connectivity index (χ1) is 15.8. The molecule has 2 aromatic heterocycles. The minimum atomic E-state index is -0.670. The molecule has 1 aliphatic heterocycles. The summed E-state index contributed by atoms with van der Waals surface area (Å²) in [5.74, 6) is -1.45. The van der Waals surface area contributed by atoms with Crippen LogP contribution in [-0.2, 0) is 21.5 Å². The number of carbonyl (C=O) groups excluding carboxylic acids is 2. The molecule has 1 fully saturated rings. The lowest BCUT2D eigenvalue weighted by atomic mass is 9.85. The minimum Gasteiger partial charge on any atom is -0.507 e. The quantitative estimate of drug-likeness (QED) is 0.351. The zero-order valence-corrected chi connectivity index (χ0v) is 19.1. The molecular weight excluding hydrogens is 416 g/mol. The topological polar surface area (TPSA) is 88.3 Å². The van der Waals surface area contributed by atoms with Gasteiger partial charge in [0.1, 0.15) is 5.76 Å². The van der Waals surface area contributed by atoms with Gasteiger partial charge in [0.2, 0.25) is 0 Å². The Morgan fingerprint density at radius 3 is 2.27 bits per heavy atom. The van der Waals surface area contributed by atoms with Gasteiger partial charge in [-0.3, -0.25) is 14.6 Å². The highest BCUT2D eigenvalue weighted by Gasteiger charge is 2.45. The fraction of sp³-hybridized carbons (Fsp3) is 0.308. The summed E-state index contributed by atoms with van der Waals surface area (Å²) in [6, 6.07) is 10.5. The Morgan fingerprint density at radius 2 is 1.67 bits per heavy atom. The number of aliphatic hydroxyl groups excluding tert-OH is 1. The normalized spacial score (nSPS) is 18.2. The van der Waals surface area contributed by atoms with Gasteiger partial charge < -0.3 is 14.6 Å². The number of hydrogen-bond acceptors (Lipinski definition) is 5. The largest absolute Gasteiger partial charge is 0.507 e. The van der Waals surface area contributed by atoms with Gasteiger partial charge in [0.15, 0.2) is 0 Å². The number of Topliss-reactive ketones (excluding diaryl/α,β-unsaturated/α-hetero) is 1. The number of rotatable bonds is 6. The summed E-state index contributed by atoms with van der Waals surface area (Å²) in [6.07, 6.45) is 9.03. The molecule has 1 aromatic carbocycles. The predicted octanol–water partition coefficient (Wildman–Crippen LogP) is 4.09. The number of carbonyl (C=O) groups is 2. The highest BCUT2D eigenvalue weighted by atomic mass is 16.3. The molecule has 1 saturated heterocycles. The van der Waals surface area contributed by atoms with E-state index in [1.165, 1.54) is 0 Å². The predicted molar refractivity (Wildman–Crippen MR) is 125 cm³/mol. The van der Waals surface area contributed by atoms with E-state index in [2.05, 4.69) is 30.7 Å². The number of likely N-dealkylation sites (tertiary alicyclic amines) is 1. The maximum atomic E-state index is 13.1. The van der Waals surface area contributed by atoms with Crippen LogP contribution >= 0.6 is 0 Å². The van der Waals surface area contributed by atoms with Crippen LogP contribution in [0.25, 0.3) is 5.76 Å². The Morgan fingerprint density at radius 1 is 0.970 bits per heavy atom. The third-order valence-electron chi connectivity index (χ3n) is 5.96. The molecule has 3 aromatic rings. The molecule has 170 valence electrons. The Bertz CT molecular complexity index is 1160. The average Bonchev–Trinajstić information content (AvgIpc) is 3.41. The molecular formula is C26H28N4O3. The molecule has 4 rings (SSSR count). The summed E-state index contributed by atoms with van der Waals surface area (Å²) in [5, 5.41) is 11.1. The molecule has 7 heteroatoms. The van der Waals surface area contributed by atoms with Crippen molar-refractivity contribution in [3.8, 4) is 0 Å². The summed E-state index contributed by atoms with van der Waals surface area (Å²) >= 11 is 0. The van der Waals surface area contributed by atoms with Crippen LogP contribution in [0.1, 0.15) is 49.9 Å². The molecule has 7 nitrogen and oxygen atoms in total. The number of nitrogens with zero attached hydrogens (tertiary/aromatic N) is 4. The number of amides is 1.